The summed E-state index contributed by atoms with van der Waals surface area (Å²) >= 11 is 1.65. The van der Waals surface area contributed by atoms with Crippen molar-refractivity contribution in [3.63, 3.8) is 0 Å². The summed E-state index contributed by atoms with van der Waals surface area (Å²) < 4.78 is 4.77. The van der Waals surface area contributed by atoms with E-state index >= 15 is 0 Å². The zero-order valence-electron chi connectivity index (χ0n) is 11.7. The third kappa shape index (κ3) is 3.85. The van der Waals surface area contributed by atoms with Gasteiger partial charge in [-0.1, -0.05) is 6.92 Å². The minimum atomic E-state index is -0.722. The lowest BCUT2D eigenvalue weighted by atomic mass is 10.0. The van der Waals surface area contributed by atoms with E-state index < -0.39 is 6.29 Å². The van der Waals surface area contributed by atoms with E-state index in [0.29, 0.717) is 5.75 Å². The summed E-state index contributed by atoms with van der Waals surface area (Å²) in [4.78, 5) is 13.3. The molecule has 0 saturated carbocycles. The molecule has 1 aliphatic rings. The second-order valence-corrected chi connectivity index (χ2v) is 7.24. The van der Waals surface area contributed by atoms with E-state index in [1.165, 1.54) is 0 Å². The number of amides is 1. The van der Waals surface area contributed by atoms with Crippen molar-refractivity contribution in [2.45, 2.75) is 44.0 Å². The van der Waals surface area contributed by atoms with Crippen LogP contribution in [-0.4, -0.2) is 58.9 Å². The van der Waals surface area contributed by atoms with Gasteiger partial charge in [-0.05, 0) is 13.8 Å². The van der Waals surface area contributed by atoms with E-state index in [2.05, 4.69) is 0 Å². The van der Waals surface area contributed by atoms with Crippen molar-refractivity contribution >= 4 is 17.7 Å². The summed E-state index contributed by atoms with van der Waals surface area (Å²) in [5.41, 5.74) is 6.07. The van der Waals surface area contributed by atoms with E-state index in [9.17, 15) is 9.90 Å². The second-order valence-electron chi connectivity index (χ2n) is 5.57. The summed E-state index contributed by atoms with van der Waals surface area (Å²) in [5.74, 6) is 0.789. The Kier molecular flexibility index (Phi) is 5.05. The van der Waals surface area contributed by atoms with Gasteiger partial charge < -0.3 is 20.5 Å². The number of carbonyl (C=O) groups is 1. The molecule has 1 amide bonds. The van der Waals surface area contributed by atoms with E-state index in [4.69, 9.17) is 10.5 Å². The lowest BCUT2D eigenvalue weighted by Crippen LogP contribution is -2.46. The van der Waals surface area contributed by atoms with Crippen LogP contribution < -0.4 is 5.73 Å². The Labute approximate surface area is 113 Å². The Hall–Kier alpha value is -0.300. The lowest BCUT2D eigenvalue weighted by Gasteiger charge is -2.31. The van der Waals surface area contributed by atoms with Crippen LogP contribution in [0.15, 0.2) is 0 Å². The van der Waals surface area contributed by atoms with Crippen LogP contribution in [-0.2, 0) is 9.53 Å². The number of nitrogens with two attached hydrogens (primary N) is 1. The van der Waals surface area contributed by atoms with Crippen LogP contribution in [0.25, 0.3) is 0 Å². The lowest BCUT2D eigenvalue weighted by molar-refractivity contribution is -0.131. The van der Waals surface area contributed by atoms with Crippen LogP contribution in [0.5, 0.6) is 0 Å². The molecule has 0 aromatic rings. The first-order valence-electron chi connectivity index (χ1n) is 6.11. The predicted octanol–water partition coefficient (Wildman–Crippen LogP) is 0.267. The first-order valence-corrected chi connectivity index (χ1v) is 7.09. The van der Waals surface area contributed by atoms with Crippen LogP contribution in [0.1, 0.15) is 20.8 Å². The molecule has 5 nitrogen and oxygen atoms in total. The largest absolute Gasteiger partial charge is 0.366 e. The first kappa shape index (κ1) is 15.8. The Bertz CT molecular complexity index is 310. The Morgan fingerprint density at radius 2 is 2.06 bits per heavy atom. The third-order valence-electron chi connectivity index (χ3n) is 3.23. The smallest absolute Gasteiger partial charge is 0.225 e. The predicted molar refractivity (Wildman–Crippen MR) is 73.3 cm³/mol. The van der Waals surface area contributed by atoms with Crippen LogP contribution in [0.4, 0.5) is 0 Å². The van der Waals surface area contributed by atoms with Crippen LogP contribution in [0.2, 0.25) is 0 Å². The molecule has 106 valence electrons. The average Bonchev–Trinajstić information content (AvgIpc) is 3.00. The normalized spacial score (nSPS) is 26.6. The van der Waals surface area contributed by atoms with Crippen LogP contribution in [0.3, 0.4) is 0 Å². The molecule has 1 rings (SSSR count). The molecule has 18 heavy (non-hydrogen) atoms. The number of ether oxygens (including phenoxy) is 1. The summed E-state index contributed by atoms with van der Waals surface area (Å²) in [6.07, 6.45) is -0.993. The minimum Gasteiger partial charge on any atom is -0.366 e. The summed E-state index contributed by atoms with van der Waals surface area (Å²) in [7, 11) is 3.52. The molecule has 1 saturated heterocycles. The number of nitrogens with zero attached hydrogens (tertiary/aromatic N) is 1. The topological polar surface area (TPSA) is 79.1 Å². The maximum absolute atomic E-state index is 11.7. The molecule has 4 atom stereocenters. The fraction of sp³-hybridized carbons (Fsp3) is 0.917. The summed E-state index contributed by atoms with van der Waals surface area (Å²) in [6, 6.07) is -0.237. The van der Waals surface area contributed by atoms with E-state index in [1.54, 1.807) is 30.8 Å². The summed E-state index contributed by atoms with van der Waals surface area (Å²) in [6.45, 7) is 5.95. The molecule has 0 bridgehead atoms. The first-order chi connectivity index (χ1) is 8.16. The van der Waals surface area contributed by atoms with E-state index in [1.807, 2.05) is 20.8 Å². The number of rotatable bonds is 6. The fourth-order valence-corrected chi connectivity index (χ4v) is 2.87. The molecule has 0 radical (unpaired) electrons. The van der Waals surface area contributed by atoms with Crippen molar-refractivity contribution in [1.82, 2.24) is 4.90 Å². The highest BCUT2D eigenvalue weighted by atomic mass is 32.2. The molecular weight excluding hydrogens is 252 g/mol. The van der Waals surface area contributed by atoms with Gasteiger partial charge in [0.05, 0.1) is 6.04 Å². The second kappa shape index (κ2) is 5.77. The SMILES string of the molecule is C[C@H](CSC(C)(C)C(N)C1OC1O)C(=O)N(C)C. The van der Waals surface area contributed by atoms with Crippen molar-refractivity contribution in [3.8, 4) is 0 Å². The highest BCUT2D eigenvalue weighted by molar-refractivity contribution is 8.00. The van der Waals surface area contributed by atoms with Gasteiger partial charge >= 0.3 is 0 Å². The van der Waals surface area contributed by atoms with E-state index in [-0.39, 0.29) is 28.7 Å². The van der Waals surface area contributed by atoms with Crippen molar-refractivity contribution < 1.29 is 14.6 Å². The van der Waals surface area contributed by atoms with Crippen LogP contribution in [0, 0.1) is 5.92 Å². The average molecular weight is 276 g/mol. The van der Waals surface area contributed by atoms with Gasteiger partial charge in [0, 0.05) is 30.5 Å². The standard InChI is InChI=1S/C12H24N2O3S/c1-7(10(15)14(4)5)6-18-12(2,3)9(13)8-11(16)17-8/h7-9,11,16H,6,13H2,1-5H3/t7-,8?,9?,11?/m1/s1. The molecule has 0 spiro atoms. The van der Waals surface area contributed by atoms with Gasteiger partial charge in [0.15, 0.2) is 6.29 Å². The van der Waals surface area contributed by atoms with Crippen molar-refractivity contribution in [1.29, 1.82) is 0 Å². The van der Waals surface area contributed by atoms with Gasteiger partial charge in [0.25, 0.3) is 0 Å². The van der Waals surface area contributed by atoms with Crippen molar-refractivity contribution in [2.24, 2.45) is 11.7 Å². The van der Waals surface area contributed by atoms with Crippen molar-refractivity contribution in [3.05, 3.63) is 0 Å². The number of thioether (sulfide) groups is 1. The molecule has 0 aliphatic carbocycles. The molecular formula is C12H24N2O3S. The van der Waals surface area contributed by atoms with Crippen molar-refractivity contribution in [2.75, 3.05) is 19.8 Å². The minimum absolute atomic E-state index is 0.0403. The van der Waals surface area contributed by atoms with Gasteiger partial charge in [-0.3, -0.25) is 4.79 Å². The quantitative estimate of drug-likeness (QED) is 0.681. The number of carbonyl (C=O) groups excluding carboxylic acids is 1. The maximum atomic E-state index is 11.7. The molecule has 1 fully saturated rings. The highest BCUT2D eigenvalue weighted by Crippen LogP contribution is 2.36. The highest BCUT2D eigenvalue weighted by Gasteiger charge is 2.48. The van der Waals surface area contributed by atoms with E-state index in [0.717, 1.165) is 0 Å². The molecule has 3 N–H and O–H groups in total. The number of hydrogen-bond donors (Lipinski definition) is 2. The molecule has 6 heteroatoms. The molecule has 3 unspecified atom stereocenters. The third-order valence-corrected chi connectivity index (χ3v) is 4.91. The van der Waals surface area contributed by atoms with Gasteiger partial charge in [-0.25, -0.2) is 0 Å². The Balaban J connectivity index is 2.43. The van der Waals surface area contributed by atoms with Crippen LogP contribution >= 0.6 is 11.8 Å². The number of epoxide rings is 1. The summed E-state index contributed by atoms with van der Waals surface area (Å²) in [5, 5.41) is 9.23. The number of hydrogen-bond acceptors (Lipinski definition) is 5. The van der Waals surface area contributed by atoms with Gasteiger partial charge in [0.2, 0.25) is 5.91 Å². The van der Waals surface area contributed by atoms with Gasteiger partial charge in [-0.2, -0.15) is 11.8 Å². The molecule has 1 heterocycles. The fourth-order valence-electron chi connectivity index (χ4n) is 1.72. The Morgan fingerprint density at radius 1 is 1.56 bits per heavy atom. The molecule has 0 aromatic heterocycles. The maximum Gasteiger partial charge on any atom is 0.225 e. The Morgan fingerprint density at radius 3 is 2.44 bits per heavy atom. The van der Waals surface area contributed by atoms with Gasteiger partial charge in [-0.15, -0.1) is 0 Å². The molecule has 0 aromatic carbocycles. The zero-order valence-corrected chi connectivity index (χ0v) is 12.5. The monoisotopic (exact) mass is 276 g/mol. The van der Waals surface area contributed by atoms with Gasteiger partial charge in [0.1, 0.15) is 6.10 Å². The zero-order chi connectivity index (χ0) is 14.1. The molecule has 1 aliphatic heterocycles. The number of aliphatic hydroxyl groups excluding tert-OH is 1. The number of aliphatic hydroxyl groups is 1.